The first-order chi connectivity index (χ1) is 12.9. The van der Waals surface area contributed by atoms with Crippen LogP contribution in [0.1, 0.15) is 19.3 Å². The molecule has 0 spiro atoms. The Balaban J connectivity index is 5.25. The lowest BCUT2D eigenvalue weighted by Gasteiger charge is -2.32. The minimum atomic E-state index is -6.46. The topological polar surface area (TPSA) is 119 Å². The van der Waals surface area contributed by atoms with Gasteiger partial charge in [-0.2, -0.15) is 39.2 Å². The number of hydrogen-bond donors (Lipinski definition) is 2. The van der Waals surface area contributed by atoms with Crippen molar-refractivity contribution in [1.29, 1.82) is 0 Å². The van der Waals surface area contributed by atoms with Gasteiger partial charge in [0.05, 0.1) is 6.61 Å². The van der Waals surface area contributed by atoms with E-state index < -0.39 is 71.0 Å². The van der Waals surface area contributed by atoms with E-state index in [9.17, 15) is 48.7 Å². The second-order valence-corrected chi connectivity index (χ2v) is 6.78. The number of likely N-dealkylation sites (N-methyl/N-ethyl adjacent to an activating group) is 1. The van der Waals surface area contributed by atoms with Crippen molar-refractivity contribution in [3.8, 4) is 0 Å². The monoisotopic (exact) mass is 463 g/mol. The lowest BCUT2D eigenvalue weighted by Crippen LogP contribution is -2.61. The molecule has 16 heteroatoms. The molecule has 0 aliphatic carbocycles. The van der Waals surface area contributed by atoms with Crippen LogP contribution < -0.4 is 5.32 Å². The maximum Gasteiger partial charge on any atom is 0.466 e. The van der Waals surface area contributed by atoms with Crippen LogP contribution in [0.5, 0.6) is 0 Å². The predicted octanol–water partition coefficient (Wildman–Crippen LogP) is 2.02. The van der Waals surface area contributed by atoms with E-state index in [1.807, 2.05) is 0 Å². The van der Waals surface area contributed by atoms with Crippen LogP contribution in [0.25, 0.3) is 0 Å². The van der Waals surface area contributed by atoms with Crippen LogP contribution in [-0.4, -0.2) is 61.6 Å². The van der Waals surface area contributed by atoms with Gasteiger partial charge in [0.2, 0.25) is 0 Å². The van der Waals surface area contributed by atoms with Gasteiger partial charge in [0, 0.05) is 19.5 Å². The van der Waals surface area contributed by atoms with Crippen molar-refractivity contribution in [1.82, 2.24) is 5.32 Å². The molecule has 0 aliphatic rings. The number of esters is 1. The van der Waals surface area contributed by atoms with Crippen molar-refractivity contribution in [3.05, 3.63) is 12.7 Å². The van der Waals surface area contributed by atoms with Gasteiger partial charge < -0.3 is 14.8 Å². The number of carbonyl (C=O) groups excluding carboxylic acids is 2. The van der Waals surface area contributed by atoms with Gasteiger partial charge in [-0.1, -0.05) is 6.58 Å². The Morgan fingerprint density at radius 1 is 1.10 bits per heavy atom. The molecular weight excluding hydrogens is 447 g/mol. The summed E-state index contributed by atoms with van der Waals surface area (Å²) in [6.45, 7) is 1.65. The molecule has 170 valence electrons. The van der Waals surface area contributed by atoms with E-state index in [2.05, 4.69) is 16.1 Å². The number of hydrogen-bond acceptors (Lipinski definition) is 6. The summed E-state index contributed by atoms with van der Waals surface area (Å²) in [5, 5.41) is -4.30. The zero-order chi connectivity index (χ0) is 23.3. The van der Waals surface area contributed by atoms with Crippen LogP contribution in [0.3, 0.4) is 0 Å². The zero-order valence-electron chi connectivity index (χ0n) is 14.6. The molecule has 0 heterocycles. The van der Waals surface area contributed by atoms with Gasteiger partial charge in [-0.3, -0.25) is 9.35 Å². The first-order valence-electron chi connectivity index (χ1n) is 7.40. The third-order valence-corrected chi connectivity index (χ3v) is 4.20. The average molecular weight is 463 g/mol. The third-order valence-electron chi connectivity index (χ3n) is 3.25. The Labute approximate surface area is 159 Å². The lowest BCUT2D eigenvalue weighted by atomic mass is 10.1. The smallest absolute Gasteiger partial charge is 0.412 e. The van der Waals surface area contributed by atoms with Crippen molar-refractivity contribution in [2.24, 2.45) is 0 Å². The molecule has 29 heavy (non-hydrogen) atoms. The van der Waals surface area contributed by atoms with Gasteiger partial charge in [-0.25, -0.2) is 4.79 Å². The minimum absolute atomic E-state index is 0.282. The molecule has 0 fully saturated rings. The highest BCUT2D eigenvalue weighted by Gasteiger charge is 2.66. The SMILES string of the molecule is C=CC(=O)OC(OCCCCC(F)(F)C(F)(F)S(=O)(=O)O)(C(=O)NC)C(F)(F)F. The first-order valence-corrected chi connectivity index (χ1v) is 8.84. The lowest BCUT2D eigenvalue weighted by molar-refractivity contribution is -0.346. The number of halogens is 7. The molecule has 1 amide bonds. The zero-order valence-corrected chi connectivity index (χ0v) is 15.4. The largest absolute Gasteiger partial charge is 0.466 e. The third kappa shape index (κ3) is 6.02. The summed E-state index contributed by atoms with van der Waals surface area (Å²) in [7, 11) is -5.72. The summed E-state index contributed by atoms with van der Waals surface area (Å²) < 4.78 is 130. The summed E-state index contributed by atoms with van der Waals surface area (Å²) in [6, 6.07) is 0. The van der Waals surface area contributed by atoms with Gasteiger partial charge in [0.25, 0.3) is 0 Å². The number of nitrogens with one attached hydrogen (secondary N) is 1. The second kappa shape index (κ2) is 9.25. The number of amides is 1. The molecule has 0 aromatic rings. The van der Waals surface area contributed by atoms with Crippen LogP contribution in [0.15, 0.2) is 12.7 Å². The van der Waals surface area contributed by atoms with Crippen LogP contribution in [-0.2, 0) is 29.2 Å². The van der Waals surface area contributed by atoms with Gasteiger partial charge in [-0.05, 0) is 12.8 Å². The first kappa shape index (κ1) is 27.1. The fourth-order valence-electron chi connectivity index (χ4n) is 1.76. The van der Waals surface area contributed by atoms with E-state index in [4.69, 9.17) is 4.55 Å². The molecule has 0 saturated carbocycles. The Morgan fingerprint density at radius 2 is 1.62 bits per heavy atom. The molecule has 1 atom stereocenters. The Bertz CT molecular complexity index is 724. The number of carbonyl (C=O) groups is 2. The van der Waals surface area contributed by atoms with Gasteiger partial charge in [0.15, 0.2) is 0 Å². The molecule has 0 radical (unpaired) electrons. The van der Waals surface area contributed by atoms with E-state index >= 15 is 0 Å². The fourth-order valence-corrected chi connectivity index (χ4v) is 2.24. The highest BCUT2D eigenvalue weighted by atomic mass is 32.2. The van der Waals surface area contributed by atoms with E-state index in [0.717, 1.165) is 7.05 Å². The molecule has 0 aromatic carbocycles. The molecule has 0 saturated heterocycles. The van der Waals surface area contributed by atoms with Crippen LogP contribution in [0.2, 0.25) is 0 Å². The number of unbranched alkanes of at least 4 members (excludes halogenated alkanes) is 1. The summed E-state index contributed by atoms with van der Waals surface area (Å²) in [5.74, 6) is -13.1. The van der Waals surface area contributed by atoms with Crippen molar-refractivity contribution < 1.29 is 62.8 Å². The maximum absolute atomic E-state index is 13.3. The van der Waals surface area contributed by atoms with Crippen molar-refractivity contribution in [2.75, 3.05) is 13.7 Å². The second-order valence-electron chi connectivity index (χ2n) is 5.32. The number of alkyl halides is 7. The van der Waals surface area contributed by atoms with E-state index in [1.54, 1.807) is 0 Å². The van der Waals surface area contributed by atoms with Gasteiger partial charge in [-0.15, -0.1) is 0 Å². The minimum Gasteiger partial charge on any atom is -0.412 e. The standard InChI is InChI=1S/C13H16F7NO7S/c1-3-8(22)28-11(9(23)21-2,12(16,17)18)27-7-5-4-6-10(14,15)13(19,20)29(24,25)26/h3H,1,4-7H2,2H3,(H,21,23)(H,24,25,26). The Hall–Kier alpha value is -1.94. The molecular formula is C13H16F7NO7S. The van der Waals surface area contributed by atoms with Crippen LogP contribution >= 0.6 is 0 Å². The summed E-state index contributed by atoms with van der Waals surface area (Å²) >= 11 is 0. The normalized spacial score (nSPS) is 15.3. The average Bonchev–Trinajstić information content (AvgIpc) is 2.57. The molecule has 0 aliphatic heterocycles. The summed E-state index contributed by atoms with van der Waals surface area (Å²) in [6.07, 6.45) is -9.06. The van der Waals surface area contributed by atoms with Crippen LogP contribution in [0.4, 0.5) is 30.7 Å². The number of ether oxygens (including phenoxy) is 2. The quantitative estimate of drug-likeness (QED) is 0.120. The fraction of sp³-hybridized carbons (Fsp3) is 0.692. The van der Waals surface area contributed by atoms with Crippen LogP contribution in [0, 0.1) is 0 Å². The summed E-state index contributed by atoms with van der Waals surface area (Å²) in [4.78, 5) is 22.8. The van der Waals surface area contributed by atoms with Crippen molar-refractivity contribution in [2.45, 2.75) is 42.4 Å². The van der Waals surface area contributed by atoms with E-state index in [1.165, 1.54) is 5.32 Å². The molecule has 1 unspecified atom stereocenters. The highest BCUT2D eigenvalue weighted by Crippen LogP contribution is 2.42. The maximum atomic E-state index is 13.3. The van der Waals surface area contributed by atoms with Gasteiger partial charge >= 0.3 is 45.1 Å². The van der Waals surface area contributed by atoms with E-state index in [-0.39, 0.29) is 6.08 Å². The van der Waals surface area contributed by atoms with Crippen molar-refractivity contribution >= 4 is 22.0 Å². The highest BCUT2D eigenvalue weighted by molar-refractivity contribution is 7.87. The molecule has 0 rings (SSSR count). The van der Waals surface area contributed by atoms with E-state index in [0.29, 0.717) is 0 Å². The Kier molecular flexibility index (Phi) is 8.63. The molecule has 2 N–H and O–H groups in total. The Morgan fingerprint density at radius 3 is 2.00 bits per heavy atom. The molecule has 0 bridgehead atoms. The molecule has 8 nitrogen and oxygen atoms in total. The predicted molar refractivity (Wildman–Crippen MR) is 80.4 cm³/mol. The molecule has 0 aromatic heterocycles. The number of rotatable bonds is 11. The van der Waals surface area contributed by atoms with Gasteiger partial charge in [0.1, 0.15) is 0 Å². The summed E-state index contributed by atoms with van der Waals surface area (Å²) in [5.41, 5.74) is 0. The van der Waals surface area contributed by atoms with Crippen molar-refractivity contribution in [3.63, 3.8) is 0 Å².